The molecule has 0 radical (unpaired) electrons. The van der Waals surface area contributed by atoms with Crippen LogP contribution >= 0.6 is 11.6 Å². The van der Waals surface area contributed by atoms with Gasteiger partial charge in [0.25, 0.3) is 5.91 Å². The van der Waals surface area contributed by atoms with E-state index < -0.39 is 5.82 Å². The van der Waals surface area contributed by atoms with E-state index in [1.807, 2.05) is 25.1 Å². The molecule has 21 heavy (non-hydrogen) atoms. The SMILES string of the molecule is CC(CCc1ccccc1)NC(=O)c1ccc(F)cc1Cl. The van der Waals surface area contributed by atoms with Gasteiger partial charge in [0.2, 0.25) is 0 Å². The predicted octanol–water partition coefficient (Wildman–Crippen LogP) is 4.23. The van der Waals surface area contributed by atoms with Gasteiger partial charge in [0.05, 0.1) is 10.6 Å². The minimum absolute atomic E-state index is 0.0128. The van der Waals surface area contributed by atoms with E-state index in [1.54, 1.807) is 0 Å². The van der Waals surface area contributed by atoms with Gasteiger partial charge in [-0.1, -0.05) is 41.9 Å². The van der Waals surface area contributed by atoms with Crippen molar-refractivity contribution in [3.05, 3.63) is 70.5 Å². The molecule has 0 spiro atoms. The van der Waals surface area contributed by atoms with Crippen LogP contribution in [0.5, 0.6) is 0 Å². The Kier molecular flexibility index (Phi) is 5.34. The quantitative estimate of drug-likeness (QED) is 0.880. The standard InChI is InChI=1S/C17H17ClFNO/c1-12(7-8-13-5-3-2-4-6-13)20-17(21)15-10-9-14(19)11-16(15)18/h2-6,9-12H,7-8H2,1H3,(H,20,21). The molecule has 1 atom stereocenters. The molecule has 0 bridgehead atoms. The number of carbonyl (C=O) groups is 1. The molecule has 0 heterocycles. The van der Waals surface area contributed by atoms with Crippen molar-refractivity contribution in [2.45, 2.75) is 25.8 Å². The average Bonchev–Trinajstić information content (AvgIpc) is 2.46. The van der Waals surface area contributed by atoms with Crippen molar-refractivity contribution in [1.29, 1.82) is 0 Å². The topological polar surface area (TPSA) is 29.1 Å². The smallest absolute Gasteiger partial charge is 0.253 e. The van der Waals surface area contributed by atoms with E-state index in [2.05, 4.69) is 17.4 Å². The number of carbonyl (C=O) groups excluding carboxylic acids is 1. The highest BCUT2D eigenvalue weighted by atomic mass is 35.5. The normalized spacial score (nSPS) is 12.0. The fraction of sp³-hybridized carbons (Fsp3) is 0.235. The van der Waals surface area contributed by atoms with Gasteiger partial charge in [-0.2, -0.15) is 0 Å². The maximum absolute atomic E-state index is 13.0. The largest absolute Gasteiger partial charge is 0.350 e. The molecule has 0 fully saturated rings. The molecule has 0 aliphatic heterocycles. The Morgan fingerprint density at radius 3 is 2.62 bits per heavy atom. The Bertz CT molecular complexity index is 615. The number of nitrogens with one attached hydrogen (secondary N) is 1. The minimum atomic E-state index is -0.450. The fourth-order valence-electron chi connectivity index (χ4n) is 2.08. The van der Waals surface area contributed by atoms with E-state index in [-0.39, 0.29) is 17.0 Å². The number of halogens is 2. The first-order valence-electron chi connectivity index (χ1n) is 6.86. The van der Waals surface area contributed by atoms with Crippen LogP contribution in [0.4, 0.5) is 4.39 Å². The van der Waals surface area contributed by atoms with Crippen LogP contribution in [-0.2, 0) is 6.42 Å². The van der Waals surface area contributed by atoms with Gasteiger partial charge in [0.15, 0.2) is 0 Å². The Hall–Kier alpha value is -1.87. The second-order valence-corrected chi connectivity index (χ2v) is 5.43. The molecular weight excluding hydrogens is 289 g/mol. The Labute approximate surface area is 128 Å². The molecule has 0 aliphatic carbocycles. The zero-order valence-corrected chi connectivity index (χ0v) is 12.5. The van der Waals surface area contributed by atoms with Gasteiger partial charge < -0.3 is 5.32 Å². The summed E-state index contributed by atoms with van der Waals surface area (Å²) in [5.74, 6) is -0.728. The number of hydrogen-bond acceptors (Lipinski definition) is 1. The first-order chi connectivity index (χ1) is 10.1. The van der Waals surface area contributed by atoms with Gasteiger partial charge in [-0.3, -0.25) is 4.79 Å². The monoisotopic (exact) mass is 305 g/mol. The van der Waals surface area contributed by atoms with E-state index in [0.717, 1.165) is 18.9 Å². The van der Waals surface area contributed by atoms with Crippen molar-refractivity contribution in [2.75, 3.05) is 0 Å². The van der Waals surface area contributed by atoms with Crippen molar-refractivity contribution >= 4 is 17.5 Å². The van der Waals surface area contributed by atoms with Crippen molar-refractivity contribution < 1.29 is 9.18 Å². The molecule has 1 unspecified atom stereocenters. The van der Waals surface area contributed by atoms with Crippen molar-refractivity contribution in [2.24, 2.45) is 0 Å². The third-order valence-corrected chi connectivity index (χ3v) is 3.57. The summed E-state index contributed by atoms with van der Waals surface area (Å²) in [5.41, 5.74) is 1.53. The highest BCUT2D eigenvalue weighted by molar-refractivity contribution is 6.33. The van der Waals surface area contributed by atoms with Crippen molar-refractivity contribution in [3.8, 4) is 0 Å². The Morgan fingerprint density at radius 1 is 1.24 bits per heavy atom. The lowest BCUT2D eigenvalue weighted by Crippen LogP contribution is -2.33. The van der Waals surface area contributed by atoms with Crippen LogP contribution < -0.4 is 5.32 Å². The van der Waals surface area contributed by atoms with Crippen LogP contribution in [0.25, 0.3) is 0 Å². The highest BCUT2D eigenvalue weighted by Crippen LogP contribution is 2.17. The van der Waals surface area contributed by atoms with Gasteiger partial charge in [-0.15, -0.1) is 0 Å². The van der Waals surface area contributed by atoms with Gasteiger partial charge in [-0.25, -0.2) is 4.39 Å². The molecule has 0 saturated carbocycles. The van der Waals surface area contributed by atoms with Crippen LogP contribution in [0, 0.1) is 5.82 Å². The molecule has 1 amide bonds. The van der Waals surface area contributed by atoms with E-state index in [1.165, 1.54) is 17.7 Å². The maximum atomic E-state index is 13.0. The number of rotatable bonds is 5. The molecule has 2 aromatic carbocycles. The lowest BCUT2D eigenvalue weighted by atomic mass is 10.1. The summed E-state index contributed by atoms with van der Waals surface area (Å²) < 4.78 is 13.0. The molecule has 0 aromatic heterocycles. The highest BCUT2D eigenvalue weighted by Gasteiger charge is 2.13. The number of aryl methyl sites for hydroxylation is 1. The third-order valence-electron chi connectivity index (χ3n) is 3.26. The summed E-state index contributed by atoms with van der Waals surface area (Å²) in [5, 5.41) is 3.01. The number of amides is 1. The molecule has 2 aromatic rings. The predicted molar refractivity (Wildman–Crippen MR) is 83.1 cm³/mol. The molecule has 0 aliphatic rings. The second kappa shape index (κ2) is 7.23. The van der Waals surface area contributed by atoms with E-state index in [9.17, 15) is 9.18 Å². The Balaban J connectivity index is 1.90. The first-order valence-corrected chi connectivity index (χ1v) is 7.24. The lowest BCUT2D eigenvalue weighted by molar-refractivity contribution is 0.0938. The van der Waals surface area contributed by atoms with Gasteiger partial charge in [-0.05, 0) is 43.5 Å². The van der Waals surface area contributed by atoms with Gasteiger partial charge in [0, 0.05) is 6.04 Å². The molecule has 4 heteroatoms. The molecule has 110 valence electrons. The first kappa shape index (κ1) is 15.5. The summed E-state index contributed by atoms with van der Waals surface area (Å²) in [4.78, 5) is 12.1. The zero-order chi connectivity index (χ0) is 15.2. The van der Waals surface area contributed by atoms with Crippen molar-refractivity contribution in [3.63, 3.8) is 0 Å². The summed E-state index contributed by atoms with van der Waals surface area (Å²) in [6.07, 6.45) is 1.72. The third kappa shape index (κ3) is 4.57. The van der Waals surface area contributed by atoms with E-state index >= 15 is 0 Å². The summed E-state index contributed by atoms with van der Waals surface area (Å²) >= 11 is 5.88. The van der Waals surface area contributed by atoms with Crippen LogP contribution in [0.15, 0.2) is 48.5 Å². The van der Waals surface area contributed by atoms with Gasteiger partial charge >= 0.3 is 0 Å². The van der Waals surface area contributed by atoms with Crippen LogP contribution in [0.2, 0.25) is 5.02 Å². The summed E-state index contributed by atoms with van der Waals surface area (Å²) in [6.45, 7) is 1.94. The number of benzene rings is 2. The molecule has 0 saturated heterocycles. The molecule has 2 nitrogen and oxygen atoms in total. The second-order valence-electron chi connectivity index (χ2n) is 5.02. The molecular formula is C17H17ClFNO. The molecule has 2 rings (SSSR count). The van der Waals surface area contributed by atoms with Crippen LogP contribution in [0.1, 0.15) is 29.3 Å². The summed E-state index contributed by atoms with van der Waals surface area (Å²) in [6, 6.07) is 13.9. The fourth-order valence-corrected chi connectivity index (χ4v) is 2.33. The maximum Gasteiger partial charge on any atom is 0.253 e. The molecule has 1 N–H and O–H groups in total. The summed E-state index contributed by atoms with van der Waals surface area (Å²) in [7, 11) is 0. The average molecular weight is 306 g/mol. The van der Waals surface area contributed by atoms with Gasteiger partial charge in [0.1, 0.15) is 5.82 Å². The van der Waals surface area contributed by atoms with E-state index in [0.29, 0.717) is 5.56 Å². The van der Waals surface area contributed by atoms with Crippen molar-refractivity contribution in [1.82, 2.24) is 5.32 Å². The van der Waals surface area contributed by atoms with Crippen LogP contribution in [-0.4, -0.2) is 11.9 Å². The van der Waals surface area contributed by atoms with E-state index in [4.69, 9.17) is 11.6 Å². The van der Waals surface area contributed by atoms with Crippen LogP contribution in [0.3, 0.4) is 0 Å². The Morgan fingerprint density at radius 2 is 1.95 bits per heavy atom. The lowest BCUT2D eigenvalue weighted by Gasteiger charge is -2.14. The zero-order valence-electron chi connectivity index (χ0n) is 11.8. The minimum Gasteiger partial charge on any atom is -0.350 e. The number of hydrogen-bond donors (Lipinski definition) is 1.